The maximum atomic E-state index is 7.05. The largest absolute Gasteiger partial charge is 0.326 e. The molecule has 4 rings (SSSR count). The number of hydrogen-bond donors (Lipinski definition) is 2. The van der Waals surface area contributed by atoms with Gasteiger partial charge in [-0.2, -0.15) is 0 Å². The van der Waals surface area contributed by atoms with E-state index in [0.29, 0.717) is 10.0 Å². The van der Waals surface area contributed by atoms with Crippen LogP contribution in [0.2, 0.25) is 10.0 Å². The molecule has 2 aromatic heterocycles. The first-order chi connectivity index (χ1) is 12.9. The van der Waals surface area contributed by atoms with Crippen LogP contribution in [0.5, 0.6) is 0 Å². The zero-order valence-corrected chi connectivity index (χ0v) is 16.2. The van der Waals surface area contributed by atoms with Crippen molar-refractivity contribution in [3.8, 4) is 0 Å². The molecule has 0 saturated carbocycles. The van der Waals surface area contributed by atoms with Crippen LogP contribution in [0, 0.1) is 0 Å². The molecule has 4 aromatic rings. The van der Waals surface area contributed by atoms with Crippen molar-refractivity contribution in [2.45, 2.75) is 18.5 Å². The lowest BCUT2D eigenvalue weighted by Gasteiger charge is -2.36. The summed E-state index contributed by atoms with van der Waals surface area (Å²) in [5, 5.41) is 3.08. The molecular formula is C21H18Cl2N4. The number of nitrogens with zero attached hydrogens (tertiary/aromatic N) is 2. The van der Waals surface area contributed by atoms with Gasteiger partial charge in [-0.05, 0) is 54.4 Å². The molecule has 0 fully saturated rings. The monoisotopic (exact) mass is 396 g/mol. The standard InChI is InChI=1S/C21H18Cl2N4/c1-12(24)21(25,17-6-8-26-19-10-13(22)2-4-15(17)19)18-7-9-27-20-11-14(23)3-5-16(18)20/h2-12H,24-25H2,1H3. The van der Waals surface area contributed by atoms with Gasteiger partial charge in [-0.25, -0.2) is 0 Å². The molecule has 0 bridgehead atoms. The minimum atomic E-state index is -0.954. The Bertz CT molecular complexity index is 1070. The van der Waals surface area contributed by atoms with Gasteiger partial charge in [0.1, 0.15) is 0 Å². The van der Waals surface area contributed by atoms with Crippen LogP contribution in [0.15, 0.2) is 60.9 Å². The summed E-state index contributed by atoms with van der Waals surface area (Å²) < 4.78 is 0. The van der Waals surface area contributed by atoms with Gasteiger partial charge >= 0.3 is 0 Å². The van der Waals surface area contributed by atoms with Crippen LogP contribution >= 0.6 is 23.2 Å². The lowest BCUT2D eigenvalue weighted by atomic mass is 9.76. The van der Waals surface area contributed by atoms with Crippen LogP contribution < -0.4 is 11.5 Å². The third-order valence-electron chi connectivity index (χ3n) is 5.02. The first-order valence-corrected chi connectivity index (χ1v) is 9.31. The van der Waals surface area contributed by atoms with Crippen molar-refractivity contribution in [2.24, 2.45) is 11.5 Å². The minimum absolute atomic E-state index is 0.375. The molecular weight excluding hydrogens is 379 g/mol. The van der Waals surface area contributed by atoms with E-state index in [9.17, 15) is 0 Å². The van der Waals surface area contributed by atoms with Crippen molar-refractivity contribution >= 4 is 45.0 Å². The molecule has 1 atom stereocenters. The molecule has 27 heavy (non-hydrogen) atoms. The van der Waals surface area contributed by atoms with Crippen molar-refractivity contribution < 1.29 is 0 Å². The minimum Gasteiger partial charge on any atom is -0.326 e. The van der Waals surface area contributed by atoms with E-state index in [1.54, 1.807) is 12.4 Å². The molecule has 0 aliphatic carbocycles. The Balaban J connectivity index is 2.07. The number of benzene rings is 2. The van der Waals surface area contributed by atoms with Gasteiger partial charge in [0.25, 0.3) is 0 Å². The van der Waals surface area contributed by atoms with E-state index in [1.165, 1.54) is 0 Å². The summed E-state index contributed by atoms with van der Waals surface area (Å²) in [5.41, 5.74) is 15.9. The molecule has 0 radical (unpaired) electrons. The second kappa shape index (κ2) is 6.73. The number of hydrogen-bond acceptors (Lipinski definition) is 4. The lowest BCUT2D eigenvalue weighted by Crippen LogP contribution is -2.52. The van der Waals surface area contributed by atoms with Gasteiger partial charge in [0.05, 0.1) is 16.6 Å². The van der Waals surface area contributed by atoms with Crippen molar-refractivity contribution in [2.75, 3.05) is 0 Å². The number of fused-ring (bicyclic) bond motifs is 2. The molecule has 1 unspecified atom stereocenters. The maximum Gasteiger partial charge on any atom is 0.0830 e. The summed E-state index contributed by atoms with van der Waals surface area (Å²) in [4.78, 5) is 8.87. The smallest absolute Gasteiger partial charge is 0.0830 e. The van der Waals surface area contributed by atoms with Gasteiger partial charge in [-0.3, -0.25) is 9.97 Å². The fraction of sp³-hybridized carbons (Fsp3) is 0.143. The van der Waals surface area contributed by atoms with Gasteiger partial charge in [0.2, 0.25) is 0 Å². The Kier molecular flexibility index (Phi) is 4.52. The zero-order valence-electron chi connectivity index (χ0n) is 14.7. The van der Waals surface area contributed by atoms with Crippen molar-refractivity contribution in [1.82, 2.24) is 9.97 Å². The molecule has 0 amide bonds. The Morgan fingerprint density at radius 2 is 1.26 bits per heavy atom. The number of rotatable bonds is 3. The number of nitrogens with two attached hydrogens (primary N) is 2. The average molecular weight is 397 g/mol. The number of halogens is 2. The quantitative estimate of drug-likeness (QED) is 0.528. The molecule has 0 aliphatic rings. The molecule has 4 N–H and O–H groups in total. The van der Waals surface area contributed by atoms with E-state index in [-0.39, 0.29) is 6.04 Å². The molecule has 2 heterocycles. The third-order valence-corrected chi connectivity index (χ3v) is 5.49. The number of aromatic nitrogens is 2. The Hall–Kier alpha value is -2.24. The van der Waals surface area contributed by atoms with E-state index >= 15 is 0 Å². The van der Waals surface area contributed by atoms with Crippen molar-refractivity contribution in [3.05, 3.63) is 82.1 Å². The lowest BCUT2D eigenvalue weighted by molar-refractivity contribution is 0.452. The molecule has 0 aliphatic heterocycles. The van der Waals surface area contributed by atoms with E-state index in [2.05, 4.69) is 9.97 Å². The average Bonchev–Trinajstić information content (AvgIpc) is 2.65. The van der Waals surface area contributed by atoms with E-state index < -0.39 is 5.54 Å². The molecule has 2 aromatic carbocycles. The second-order valence-electron chi connectivity index (χ2n) is 6.70. The van der Waals surface area contributed by atoms with Gasteiger partial charge in [0, 0.05) is 39.3 Å². The fourth-order valence-electron chi connectivity index (χ4n) is 3.60. The molecule has 0 saturated heterocycles. The van der Waals surface area contributed by atoms with E-state index in [4.69, 9.17) is 34.7 Å². The van der Waals surface area contributed by atoms with Gasteiger partial charge in [-0.1, -0.05) is 35.3 Å². The van der Waals surface area contributed by atoms with Crippen LogP contribution in [0.1, 0.15) is 18.1 Å². The molecule has 0 spiro atoms. The van der Waals surface area contributed by atoms with E-state index in [1.807, 2.05) is 55.5 Å². The Labute approximate surface area is 167 Å². The van der Waals surface area contributed by atoms with Crippen molar-refractivity contribution in [3.63, 3.8) is 0 Å². The third kappa shape index (κ3) is 2.95. The predicted molar refractivity (Wildman–Crippen MR) is 112 cm³/mol. The van der Waals surface area contributed by atoms with Crippen LogP contribution in [0.25, 0.3) is 21.8 Å². The first-order valence-electron chi connectivity index (χ1n) is 8.55. The second-order valence-corrected chi connectivity index (χ2v) is 7.57. The summed E-state index contributed by atoms with van der Waals surface area (Å²) in [5.74, 6) is 0. The molecule has 4 nitrogen and oxygen atoms in total. The summed E-state index contributed by atoms with van der Waals surface area (Å²) in [7, 11) is 0. The normalized spacial score (nSPS) is 13.2. The summed E-state index contributed by atoms with van der Waals surface area (Å²) in [6, 6.07) is 14.7. The van der Waals surface area contributed by atoms with Crippen LogP contribution in [0.3, 0.4) is 0 Å². The van der Waals surface area contributed by atoms with Gasteiger partial charge < -0.3 is 11.5 Å². The summed E-state index contributed by atoms with van der Waals surface area (Å²) >= 11 is 12.3. The summed E-state index contributed by atoms with van der Waals surface area (Å²) in [6.07, 6.45) is 3.47. The number of pyridine rings is 2. The maximum absolute atomic E-state index is 7.05. The van der Waals surface area contributed by atoms with Gasteiger partial charge in [0.15, 0.2) is 0 Å². The highest BCUT2D eigenvalue weighted by atomic mass is 35.5. The highest BCUT2D eigenvalue weighted by Gasteiger charge is 2.37. The molecule has 6 heteroatoms. The van der Waals surface area contributed by atoms with Crippen molar-refractivity contribution in [1.29, 1.82) is 0 Å². The van der Waals surface area contributed by atoms with Gasteiger partial charge in [-0.15, -0.1) is 0 Å². The summed E-state index contributed by atoms with van der Waals surface area (Å²) in [6.45, 7) is 1.91. The highest BCUT2D eigenvalue weighted by Crippen LogP contribution is 2.38. The fourth-order valence-corrected chi connectivity index (χ4v) is 3.93. The van der Waals surface area contributed by atoms with Crippen LogP contribution in [-0.2, 0) is 5.54 Å². The van der Waals surface area contributed by atoms with E-state index in [0.717, 1.165) is 32.9 Å². The van der Waals surface area contributed by atoms with Crippen LogP contribution in [-0.4, -0.2) is 16.0 Å². The zero-order chi connectivity index (χ0) is 19.2. The predicted octanol–water partition coefficient (Wildman–Crippen LogP) is 4.64. The highest BCUT2D eigenvalue weighted by molar-refractivity contribution is 6.31. The SMILES string of the molecule is CC(N)C(N)(c1ccnc2cc(Cl)ccc12)c1ccnc2cc(Cl)ccc12. The Morgan fingerprint density at radius 1 is 0.815 bits per heavy atom. The topological polar surface area (TPSA) is 77.8 Å². The first kappa shape index (κ1) is 18.1. The van der Waals surface area contributed by atoms with Crippen LogP contribution in [0.4, 0.5) is 0 Å². The Morgan fingerprint density at radius 3 is 1.67 bits per heavy atom. The molecule has 136 valence electrons.